The average molecular weight is 273 g/mol. The predicted molar refractivity (Wildman–Crippen MR) is 77.9 cm³/mol. The number of nitrogens with zero attached hydrogens (tertiary/aromatic N) is 2. The molecule has 1 aromatic heterocycles. The van der Waals surface area contributed by atoms with Gasteiger partial charge in [0.1, 0.15) is 5.75 Å². The second kappa shape index (κ2) is 5.88. The van der Waals surface area contributed by atoms with E-state index in [-0.39, 0.29) is 11.6 Å². The van der Waals surface area contributed by atoms with Crippen molar-refractivity contribution < 1.29 is 4.74 Å². The van der Waals surface area contributed by atoms with Gasteiger partial charge in [-0.1, -0.05) is 6.07 Å². The molecule has 0 aliphatic carbocycles. The molecule has 0 radical (unpaired) electrons. The lowest BCUT2D eigenvalue weighted by Gasteiger charge is -2.13. The summed E-state index contributed by atoms with van der Waals surface area (Å²) < 4.78 is 6.77. The maximum absolute atomic E-state index is 11.8. The average Bonchev–Trinajstić information content (AvgIpc) is 2.42. The van der Waals surface area contributed by atoms with Crippen LogP contribution in [0, 0.1) is 6.92 Å². The number of ether oxygens (including phenoxy) is 1. The van der Waals surface area contributed by atoms with E-state index in [2.05, 4.69) is 5.10 Å². The van der Waals surface area contributed by atoms with Gasteiger partial charge in [0.25, 0.3) is 5.56 Å². The maximum atomic E-state index is 11.8. The predicted octanol–water partition coefficient (Wildman–Crippen LogP) is 1.63. The Bertz CT molecular complexity index is 662. The maximum Gasteiger partial charge on any atom is 0.267 e. The monoisotopic (exact) mass is 273 g/mol. The number of rotatable bonds is 4. The molecule has 0 spiro atoms. The van der Waals surface area contributed by atoms with Crippen LogP contribution >= 0.6 is 0 Å². The number of aromatic nitrogens is 2. The normalized spacial score (nSPS) is 12.2. The molecule has 20 heavy (non-hydrogen) atoms. The van der Waals surface area contributed by atoms with Gasteiger partial charge in [-0.05, 0) is 37.6 Å². The van der Waals surface area contributed by atoms with E-state index in [1.54, 1.807) is 13.2 Å². The Balaban J connectivity index is 2.43. The van der Waals surface area contributed by atoms with Gasteiger partial charge in [0, 0.05) is 17.7 Å². The minimum atomic E-state index is -0.135. The molecule has 2 rings (SSSR count). The standard InChI is InChI=1S/C15H19N3O2/c1-10-4-7-15(19)18(17-10)9-13-8-12(11(2)16)5-6-14(13)20-3/h4-8,11H,9,16H2,1-3H3. The number of methoxy groups -OCH3 is 1. The lowest BCUT2D eigenvalue weighted by molar-refractivity contribution is 0.406. The smallest absolute Gasteiger partial charge is 0.267 e. The van der Waals surface area contributed by atoms with E-state index in [0.717, 1.165) is 22.6 Å². The van der Waals surface area contributed by atoms with Crippen molar-refractivity contribution in [3.8, 4) is 5.75 Å². The molecule has 1 unspecified atom stereocenters. The van der Waals surface area contributed by atoms with E-state index < -0.39 is 0 Å². The van der Waals surface area contributed by atoms with Crippen molar-refractivity contribution in [3.05, 3.63) is 57.5 Å². The molecule has 0 saturated heterocycles. The molecule has 1 heterocycles. The fourth-order valence-corrected chi connectivity index (χ4v) is 2.03. The van der Waals surface area contributed by atoms with Gasteiger partial charge in [-0.15, -0.1) is 0 Å². The molecular weight excluding hydrogens is 254 g/mol. The van der Waals surface area contributed by atoms with Crippen LogP contribution in [-0.2, 0) is 6.54 Å². The molecule has 0 bridgehead atoms. The molecule has 2 aromatic rings. The highest BCUT2D eigenvalue weighted by atomic mass is 16.5. The minimum Gasteiger partial charge on any atom is -0.496 e. The Morgan fingerprint density at radius 1 is 1.35 bits per heavy atom. The summed E-state index contributed by atoms with van der Waals surface area (Å²) in [6, 6.07) is 8.91. The summed E-state index contributed by atoms with van der Waals surface area (Å²) in [6.07, 6.45) is 0. The van der Waals surface area contributed by atoms with Crippen LogP contribution in [0.5, 0.6) is 5.75 Å². The van der Waals surface area contributed by atoms with Crippen LogP contribution in [0.4, 0.5) is 0 Å². The van der Waals surface area contributed by atoms with Crippen LogP contribution in [0.1, 0.15) is 29.8 Å². The Morgan fingerprint density at radius 2 is 2.10 bits per heavy atom. The van der Waals surface area contributed by atoms with Crippen LogP contribution in [0.25, 0.3) is 0 Å². The van der Waals surface area contributed by atoms with Gasteiger partial charge in [0.2, 0.25) is 0 Å². The van der Waals surface area contributed by atoms with Crippen molar-refractivity contribution in [2.24, 2.45) is 5.73 Å². The lowest BCUT2D eigenvalue weighted by atomic mass is 10.0. The lowest BCUT2D eigenvalue weighted by Crippen LogP contribution is -2.23. The zero-order valence-electron chi connectivity index (χ0n) is 12.0. The van der Waals surface area contributed by atoms with E-state index in [1.165, 1.54) is 10.7 Å². The van der Waals surface area contributed by atoms with Crippen molar-refractivity contribution in [3.63, 3.8) is 0 Å². The second-order valence-corrected chi connectivity index (χ2v) is 4.83. The van der Waals surface area contributed by atoms with E-state index >= 15 is 0 Å². The summed E-state index contributed by atoms with van der Waals surface area (Å²) in [4.78, 5) is 11.8. The molecule has 0 fully saturated rings. The third kappa shape index (κ3) is 3.05. The summed E-state index contributed by atoms with van der Waals surface area (Å²) in [7, 11) is 1.61. The molecular formula is C15H19N3O2. The third-order valence-electron chi connectivity index (χ3n) is 3.15. The minimum absolute atomic E-state index is 0.0677. The van der Waals surface area contributed by atoms with Gasteiger partial charge in [-0.3, -0.25) is 4.79 Å². The molecule has 0 aliphatic rings. The van der Waals surface area contributed by atoms with Gasteiger partial charge in [-0.2, -0.15) is 5.10 Å². The summed E-state index contributed by atoms with van der Waals surface area (Å²) in [5, 5.41) is 4.24. The van der Waals surface area contributed by atoms with E-state index in [0.29, 0.717) is 6.54 Å². The van der Waals surface area contributed by atoms with Crippen molar-refractivity contribution in [2.45, 2.75) is 26.4 Å². The first kappa shape index (κ1) is 14.3. The van der Waals surface area contributed by atoms with Gasteiger partial charge in [-0.25, -0.2) is 4.68 Å². The molecule has 1 aromatic carbocycles. The van der Waals surface area contributed by atoms with Crippen molar-refractivity contribution in [2.75, 3.05) is 7.11 Å². The SMILES string of the molecule is COc1ccc(C(C)N)cc1Cn1nc(C)ccc1=O. The van der Waals surface area contributed by atoms with Crippen LogP contribution in [0.3, 0.4) is 0 Å². The molecule has 0 amide bonds. The van der Waals surface area contributed by atoms with E-state index in [1.807, 2.05) is 32.0 Å². The molecule has 106 valence electrons. The van der Waals surface area contributed by atoms with Crippen molar-refractivity contribution >= 4 is 0 Å². The number of aryl methyl sites for hydroxylation is 1. The Morgan fingerprint density at radius 3 is 2.75 bits per heavy atom. The van der Waals surface area contributed by atoms with Crippen LogP contribution in [-0.4, -0.2) is 16.9 Å². The Kier molecular flexibility index (Phi) is 4.20. The van der Waals surface area contributed by atoms with Crippen molar-refractivity contribution in [1.82, 2.24) is 9.78 Å². The van der Waals surface area contributed by atoms with Crippen LogP contribution in [0.15, 0.2) is 35.1 Å². The van der Waals surface area contributed by atoms with Gasteiger partial charge in [0.05, 0.1) is 19.3 Å². The second-order valence-electron chi connectivity index (χ2n) is 4.83. The van der Waals surface area contributed by atoms with E-state index in [9.17, 15) is 4.79 Å². The zero-order valence-corrected chi connectivity index (χ0v) is 12.0. The molecule has 0 aliphatic heterocycles. The summed E-state index contributed by atoms with van der Waals surface area (Å²) >= 11 is 0. The zero-order chi connectivity index (χ0) is 14.7. The highest BCUT2D eigenvalue weighted by molar-refractivity contribution is 5.38. The Hall–Kier alpha value is -2.14. The highest BCUT2D eigenvalue weighted by Crippen LogP contribution is 2.23. The van der Waals surface area contributed by atoms with E-state index in [4.69, 9.17) is 10.5 Å². The molecule has 1 atom stereocenters. The van der Waals surface area contributed by atoms with Gasteiger partial charge in [0.15, 0.2) is 0 Å². The summed E-state index contributed by atoms with van der Waals surface area (Å²) in [6.45, 7) is 4.14. The van der Waals surface area contributed by atoms with Crippen LogP contribution < -0.4 is 16.0 Å². The number of nitrogens with two attached hydrogens (primary N) is 1. The number of hydrogen-bond acceptors (Lipinski definition) is 4. The van der Waals surface area contributed by atoms with Gasteiger partial charge < -0.3 is 10.5 Å². The fraction of sp³-hybridized carbons (Fsp3) is 0.333. The summed E-state index contributed by atoms with van der Waals surface area (Å²) in [5.74, 6) is 0.726. The third-order valence-corrected chi connectivity index (χ3v) is 3.15. The summed E-state index contributed by atoms with van der Waals surface area (Å²) in [5.41, 5.74) is 8.45. The fourth-order valence-electron chi connectivity index (χ4n) is 2.03. The molecule has 2 N–H and O–H groups in total. The van der Waals surface area contributed by atoms with Crippen molar-refractivity contribution in [1.29, 1.82) is 0 Å². The first-order chi connectivity index (χ1) is 9.51. The van der Waals surface area contributed by atoms with Gasteiger partial charge >= 0.3 is 0 Å². The molecule has 0 saturated carbocycles. The van der Waals surface area contributed by atoms with Crippen LogP contribution in [0.2, 0.25) is 0 Å². The molecule has 5 nitrogen and oxygen atoms in total. The first-order valence-corrected chi connectivity index (χ1v) is 6.48. The highest BCUT2D eigenvalue weighted by Gasteiger charge is 2.09. The Labute approximate surface area is 118 Å². The largest absolute Gasteiger partial charge is 0.496 e. The topological polar surface area (TPSA) is 70.1 Å². The number of benzene rings is 1. The molecule has 5 heteroatoms. The number of hydrogen-bond donors (Lipinski definition) is 1. The quantitative estimate of drug-likeness (QED) is 0.919. The first-order valence-electron chi connectivity index (χ1n) is 6.48.